The van der Waals surface area contributed by atoms with E-state index in [4.69, 9.17) is 0 Å². The molecule has 0 fully saturated rings. The molecular weight excluding hydrogens is 420 g/mol. The maximum Gasteiger partial charge on any atom is 0.251 e. The van der Waals surface area contributed by atoms with Crippen molar-refractivity contribution in [2.45, 2.75) is 40.8 Å². The van der Waals surface area contributed by atoms with Crippen LogP contribution in [0.15, 0.2) is 36.4 Å². The molecule has 0 aliphatic rings. The highest BCUT2D eigenvalue weighted by molar-refractivity contribution is 5.98. The number of benzene rings is 2. The van der Waals surface area contributed by atoms with E-state index < -0.39 is 0 Å². The molecule has 2 aromatic carbocycles. The van der Waals surface area contributed by atoms with E-state index in [2.05, 4.69) is 31.3 Å². The number of fused-ring (bicyclic) bond motifs is 2. The molecule has 10 nitrogen and oxygen atoms in total. The SMILES string of the molecule is CCn1nnc2cc(C(=O)NCC(C)(C)CNC(=O)c3ccc4c(c3)nnn4CC)ccc21. The third-order valence-electron chi connectivity index (χ3n) is 5.61. The van der Waals surface area contributed by atoms with Gasteiger partial charge in [-0.3, -0.25) is 9.59 Å². The lowest BCUT2D eigenvalue weighted by atomic mass is 9.93. The van der Waals surface area contributed by atoms with E-state index in [0.717, 1.165) is 11.0 Å². The van der Waals surface area contributed by atoms with E-state index in [-0.39, 0.29) is 17.2 Å². The Bertz CT molecular complexity index is 1220. The summed E-state index contributed by atoms with van der Waals surface area (Å²) < 4.78 is 3.57. The summed E-state index contributed by atoms with van der Waals surface area (Å²) in [7, 11) is 0. The summed E-state index contributed by atoms with van der Waals surface area (Å²) in [6.45, 7) is 10.2. The Hall–Kier alpha value is -3.82. The van der Waals surface area contributed by atoms with Crippen molar-refractivity contribution in [2.24, 2.45) is 5.41 Å². The van der Waals surface area contributed by atoms with Gasteiger partial charge in [-0.1, -0.05) is 24.3 Å². The molecule has 0 bridgehead atoms. The van der Waals surface area contributed by atoms with Gasteiger partial charge in [0.15, 0.2) is 0 Å². The van der Waals surface area contributed by atoms with Crippen LogP contribution in [0.4, 0.5) is 0 Å². The van der Waals surface area contributed by atoms with Gasteiger partial charge >= 0.3 is 0 Å². The zero-order chi connectivity index (χ0) is 23.6. The zero-order valence-corrected chi connectivity index (χ0v) is 19.3. The Labute approximate surface area is 191 Å². The van der Waals surface area contributed by atoms with Crippen molar-refractivity contribution in [3.63, 3.8) is 0 Å². The van der Waals surface area contributed by atoms with Crippen molar-refractivity contribution in [3.8, 4) is 0 Å². The fourth-order valence-electron chi connectivity index (χ4n) is 3.60. The van der Waals surface area contributed by atoms with Crippen LogP contribution in [0.25, 0.3) is 22.1 Å². The topological polar surface area (TPSA) is 120 Å². The Kier molecular flexibility index (Phi) is 6.08. The van der Waals surface area contributed by atoms with Gasteiger partial charge in [-0.05, 0) is 55.7 Å². The molecule has 2 amide bonds. The largest absolute Gasteiger partial charge is 0.351 e. The summed E-state index contributed by atoms with van der Waals surface area (Å²) in [6, 6.07) is 10.7. The highest BCUT2D eigenvalue weighted by Crippen LogP contribution is 2.17. The minimum absolute atomic E-state index is 0.188. The van der Waals surface area contributed by atoms with Crippen molar-refractivity contribution in [1.29, 1.82) is 0 Å². The molecule has 0 aliphatic heterocycles. The molecule has 4 aromatic rings. The van der Waals surface area contributed by atoms with Crippen molar-refractivity contribution in [1.82, 2.24) is 40.6 Å². The molecule has 2 N–H and O–H groups in total. The number of carbonyl (C=O) groups excluding carboxylic acids is 2. The van der Waals surface area contributed by atoms with Crippen LogP contribution in [0.2, 0.25) is 0 Å². The van der Waals surface area contributed by atoms with Gasteiger partial charge in [0.2, 0.25) is 0 Å². The van der Waals surface area contributed by atoms with Gasteiger partial charge in [-0.15, -0.1) is 10.2 Å². The average molecular weight is 449 g/mol. The fraction of sp³-hybridized carbons (Fsp3) is 0.391. The van der Waals surface area contributed by atoms with Crippen LogP contribution >= 0.6 is 0 Å². The van der Waals surface area contributed by atoms with Gasteiger partial charge in [0.1, 0.15) is 11.0 Å². The number of nitrogens with one attached hydrogen (secondary N) is 2. The lowest BCUT2D eigenvalue weighted by Gasteiger charge is -2.25. The Morgan fingerprint density at radius 1 is 0.788 bits per heavy atom. The van der Waals surface area contributed by atoms with Gasteiger partial charge in [0, 0.05) is 37.3 Å². The number of rotatable bonds is 8. The van der Waals surface area contributed by atoms with Gasteiger partial charge < -0.3 is 10.6 Å². The molecule has 0 unspecified atom stereocenters. The molecule has 0 radical (unpaired) electrons. The number of aromatic nitrogens is 6. The molecule has 0 spiro atoms. The van der Waals surface area contributed by atoms with E-state index in [0.29, 0.717) is 48.3 Å². The van der Waals surface area contributed by atoms with E-state index in [1.807, 2.05) is 39.8 Å². The second-order valence-corrected chi connectivity index (χ2v) is 8.75. The van der Waals surface area contributed by atoms with Gasteiger partial charge in [-0.2, -0.15) is 0 Å². The molecule has 0 aliphatic carbocycles. The Morgan fingerprint density at radius 2 is 1.21 bits per heavy atom. The molecular formula is C23H28N8O2. The lowest BCUT2D eigenvalue weighted by molar-refractivity contribution is 0.0920. The second kappa shape index (κ2) is 8.97. The second-order valence-electron chi connectivity index (χ2n) is 8.75. The normalized spacial score (nSPS) is 11.8. The van der Waals surface area contributed by atoms with Crippen LogP contribution < -0.4 is 10.6 Å². The van der Waals surface area contributed by atoms with Gasteiger partial charge in [0.25, 0.3) is 11.8 Å². The molecule has 0 atom stereocenters. The Morgan fingerprint density at radius 3 is 1.61 bits per heavy atom. The van der Waals surface area contributed by atoms with E-state index in [1.165, 1.54) is 0 Å². The number of carbonyl (C=O) groups is 2. The monoisotopic (exact) mass is 448 g/mol. The van der Waals surface area contributed by atoms with Crippen LogP contribution in [-0.2, 0) is 13.1 Å². The first-order valence-corrected chi connectivity index (χ1v) is 11.0. The molecule has 33 heavy (non-hydrogen) atoms. The van der Waals surface area contributed by atoms with E-state index in [9.17, 15) is 9.59 Å². The molecule has 2 aromatic heterocycles. The van der Waals surface area contributed by atoms with Crippen LogP contribution in [0.3, 0.4) is 0 Å². The standard InChI is InChI=1S/C23H28N8O2/c1-5-30-19-9-7-15(11-17(19)26-28-30)21(32)24-13-23(3,4)14-25-22(33)16-8-10-20-18(12-16)27-29-31(20)6-2/h7-12H,5-6,13-14H2,1-4H3,(H,24,32)(H,25,33). The maximum absolute atomic E-state index is 12.7. The zero-order valence-electron chi connectivity index (χ0n) is 19.3. The third-order valence-corrected chi connectivity index (χ3v) is 5.61. The molecule has 172 valence electrons. The van der Waals surface area contributed by atoms with E-state index >= 15 is 0 Å². The minimum Gasteiger partial charge on any atom is -0.351 e. The van der Waals surface area contributed by atoms with E-state index in [1.54, 1.807) is 33.6 Å². The number of hydrogen-bond donors (Lipinski definition) is 2. The number of hydrogen-bond acceptors (Lipinski definition) is 6. The molecule has 10 heteroatoms. The highest BCUT2D eigenvalue weighted by atomic mass is 16.2. The first kappa shape index (κ1) is 22.4. The molecule has 2 heterocycles. The van der Waals surface area contributed by atoms with Crippen LogP contribution in [0, 0.1) is 5.41 Å². The van der Waals surface area contributed by atoms with Gasteiger partial charge in [-0.25, -0.2) is 9.36 Å². The molecule has 0 saturated heterocycles. The summed E-state index contributed by atoms with van der Waals surface area (Å²) in [4.78, 5) is 25.3. The predicted octanol–water partition coefficient (Wildman–Crippen LogP) is 2.40. The fourth-order valence-corrected chi connectivity index (χ4v) is 3.60. The maximum atomic E-state index is 12.7. The van der Waals surface area contributed by atoms with Crippen LogP contribution in [0.1, 0.15) is 48.4 Å². The minimum atomic E-state index is -0.351. The molecule has 0 saturated carbocycles. The first-order valence-electron chi connectivity index (χ1n) is 11.0. The van der Waals surface area contributed by atoms with Crippen molar-refractivity contribution < 1.29 is 9.59 Å². The third kappa shape index (κ3) is 4.69. The van der Waals surface area contributed by atoms with Crippen LogP contribution in [0.5, 0.6) is 0 Å². The summed E-state index contributed by atoms with van der Waals surface area (Å²) in [5.41, 5.74) is 3.87. The summed E-state index contributed by atoms with van der Waals surface area (Å²) in [6.07, 6.45) is 0. The number of aryl methyl sites for hydroxylation is 2. The summed E-state index contributed by atoms with van der Waals surface area (Å²) in [5.74, 6) is -0.376. The van der Waals surface area contributed by atoms with Crippen molar-refractivity contribution in [2.75, 3.05) is 13.1 Å². The highest BCUT2D eigenvalue weighted by Gasteiger charge is 2.21. The number of nitrogens with zero attached hydrogens (tertiary/aromatic N) is 6. The quantitative estimate of drug-likeness (QED) is 0.427. The predicted molar refractivity (Wildman–Crippen MR) is 125 cm³/mol. The van der Waals surface area contributed by atoms with Crippen LogP contribution in [-0.4, -0.2) is 54.9 Å². The average Bonchev–Trinajstić information content (AvgIpc) is 3.43. The summed E-state index contributed by atoms with van der Waals surface area (Å²) >= 11 is 0. The first-order chi connectivity index (χ1) is 15.8. The Balaban J connectivity index is 1.34. The lowest BCUT2D eigenvalue weighted by Crippen LogP contribution is -2.42. The van der Waals surface area contributed by atoms with Crippen molar-refractivity contribution in [3.05, 3.63) is 47.5 Å². The number of amides is 2. The summed E-state index contributed by atoms with van der Waals surface area (Å²) in [5, 5.41) is 22.3. The van der Waals surface area contributed by atoms with Gasteiger partial charge in [0.05, 0.1) is 11.0 Å². The van der Waals surface area contributed by atoms with Crippen molar-refractivity contribution >= 4 is 33.9 Å². The molecule has 4 rings (SSSR count). The smallest absolute Gasteiger partial charge is 0.251 e.